The average molecular weight is 366 g/mol. The molecule has 0 bridgehead atoms. The second kappa shape index (κ2) is 7.39. The van der Waals surface area contributed by atoms with Crippen molar-refractivity contribution in [1.29, 1.82) is 0 Å². The van der Waals surface area contributed by atoms with Crippen LogP contribution in [-0.2, 0) is 14.4 Å². The highest BCUT2D eigenvalue weighted by atomic mass is 19.3. The van der Waals surface area contributed by atoms with Crippen molar-refractivity contribution in [3.8, 4) is 5.75 Å². The quantitative estimate of drug-likeness (QED) is 0.813. The van der Waals surface area contributed by atoms with Gasteiger partial charge in [-0.2, -0.15) is 8.78 Å². The SMILES string of the molecule is O=C(CN1C(=O)CC2(CCCCC2)C1=O)Nc1ccccc1OC(F)F. The molecule has 1 aliphatic heterocycles. The van der Waals surface area contributed by atoms with Crippen LogP contribution >= 0.6 is 0 Å². The number of anilines is 1. The lowest BCUT2D eigenvalue weighted by atomic mass is 9.73. The third-order valence-electron chi connectivity index (χ3n) is 4.98. The molecule has 140 valence electrons. The van der Waals surface area contributed by atoms with Crippen molar-refractivity contribution < 1.29 is 27.9 Å². The topological polar surface area (TPSA) is 75.7 Å². The molecule has 1 saturated carbocycles. The van der Waals surface area contributed by atoms with Crippen molar-refractivity contribution in [2.24, 2.45) is 5.41 Å². The number of carbonyl (C=O) groups excluding carboxylic acids is 3. The highest BCUT2D eigenvalue weighted by Gasteiger charge is 2.51. The number of benzene rings is 1. The monoisotopic (exact) mass is 366 g/mol. The average Bonchev–Trinajstić information content (AvgIpc) is 2.81. The van der Waals surface area contributed by atoms with E-state index in [1.54, 1.807) is 6.07 Å². The minimum atomic E-state index is -3.03. The van der Waals surface area contributed by atoms with Gasteiger partial charge in [-0.15, -0.1) is 0 Å². The second-order valence-corrected chi connectivity index (χ2v) is 6.73. The van der Waals surface area contributed by atoms with Gasteiger partial charge in [-0.3, -0.25) is 19.3 Å². The smallest absolute Gasteiger partial charge is 0.387 e. The molecule has 6 nitrogen and oxygen atoms in total. The van der Waals surface area contributed by atoms with Gasteiger partial charge in [-0.1, -0.05) is 31.4 Å². The Kier molecular flexibility index (Phi) is 5.20. The fourth-order valence-electron chi connectivity index (χ4n) is 3.74. The second-order valence-electron chi connectivity index (χ2n) is 6.73. The molecular formula is C18H20F2N2O4. The summed E-state index contributed by atoms with van der Waals surface area (Å²) in [6, 6.07) is 5.75. The van der Waals surface area contributed by atoms with Gasteiger partial charge >= 0.3 is 6.61 Å². The first-order valence-electron chi connectivity index (χ1n) is 8.60. The molecule has 8 heteroatoms. The van der Waals surface area contributed by atoms with Gasteiger partial charge in [0.25, 0.3) is 0 Å². The van der Waals surface area contributed by atoms with Gasteiger partial charge in [0.2, 0.25) is 17.7 Å². The molecule has 0 unspecified atom stereocenters. The van der Waals surface area contributed by atoms with Gasteiger partial charge in [-0.05, 0) is 25.0 Å². The Morgan fingerprint density at radius 3 is 2.58 bits per heavy atom. The van der Waals surface area contributed by atoms with Gasteiger partial charge in [-0.25, -0.2) is 0 Å². The number of likely N-dealkylation sites (tertiary alicyclic amines) is 1. The van der Waals surface area contributed by atoms with Gasteiger partial charge in [0.1, 0.15) is 12.3 Å². The molecule has 1 aromatic rings. The summed E-state index contributed by atoms with van der Waals surface area (Å²) in [5.41, 5.74) is -0.601. The van der Waals surface area contributed by atoms with Gasteiger partial charge in [0.05, 0.1) is 11.1 Å². The minimum Gasteiger partial charge on any atom is -0.433 e. The molecule has 1 aliphatic carbocycles. The van der Waals surface area contributed by atoms with Crippen LogP contribution in [-0.4, -0.2) is 35.8 Å². The first-order chi connectivity index (χ1) is 12.4. The molecule has 1 N–H and O–H groups in total. The molecule has 1 heterocycles. The zero-order valence-electron chi connectivity index (χ0n) is 14.2. The maximum atomic E-state index is 12.7. The van der Waals surface area contributed by atoms with E-state index in [1.165, 1.54) is 18.2 Å². The van der Waals surface area contributed by atoms with Crippen LogP contribution in [0.3, 0.4) is 0 Å². The fourth-order valence-corrected chi connectivity index (χ4v) is 3.74. The number of hydrogen-bond donors (Lipinski definition) is 1. The van der Waals surface area contributed by atoms with Crippen molar-refractivity contribution in [3.05, 3.63) is 24.3 Å². The van der Waals surface area contributed by atoms with Gasteiger partial charge in [0, 0.05) is 6.42 Å². The van der Waals surface area contributed by atoms with E-state index >= 15 is 0 Å². The van der Waals surface area contributed by atoms with Crippen molar-refractivity contribution in [1.82, 2.24) is 4.90 Å². The summed E-state index contributed by atoms with van der Waals surface area (Å²) in [5, 5.41) is 2.43. The maximum Gasteiger partial charge on any atom is 0.387 e. The van der Waals surface area contributed by atoms with Crippen LogP contribution in [0.25, 0.3) is 0 Å². The lowest BCUT2D eigenvalue weighted by Crippen LogP contribution is -2.41. The molecule has 0 radical (unpaired) electrons. The molecule has 0 atom stereocenters. The van der Waals surface area contributed by atoms with Crippen LogP contribution in [0.4, 0.5) is 14.5 Å². The fraction of sp³-hybridized carbons (Fsp3) is 0.500. The minimum absolute atomic E-state index is 0.0595. The van der Waals surface area contributed by atoms with Crippen LogP contribution in [0.2, 0.25) is 0 Å². The summed E-state index contributed by atoms with van der Waals surface area (Å²) in [6.07, 6.45) is 4.32. The number of ether oxygens (including phenoxy) is 1. The zero-order valence-corrected chi connectivity index (χ0v) is 14.2. The van der Waals surface area contributed by atoms with Crippen molar-refractivity contribution in [2.75, 3.05) is 11.9 Å². The van der Waals surface area contributed by atoms with Crippen LogP contribution in [0.1, 0.15) is 38.5 Å². The summed E-state index contributed by atoms with van der Waals surface area (Å²) in [7, 11) is 0. The molecule has 2 aliphatic rings. The van der Waals surface area contributed by atoms with E-state index in [0.717, 1.165) is 24.2 Å². The predicted molar refractivity (Wildman–Crippen MR) is 88.6 cm³/mol. The summed E-state index contributed by atoms with van der Waals surface area (Å²) in [5.74, 6) is -1.47. The zero-order chi connectivity index (χ0) is 18.7. The number of nitrogens with one attached hydrogen (secondary N) is 1. The maximum absolute atomic E-state index is 12.7. The number of nitrogens with zero attached hydrogens (tertiary/aromatic N) is 1. The molecule has 26 heavy (non-hydrogen) atoms. The van der Waals surface area contributed by atoms with E-state index in [1.807, 2.05) is 0 Å². The summed E-state index contributed by atoms with van der Waals surface area (Å²) < 4.78 is 29.2. The Balaban J connectivity index is 1.67. The first-order valence-corrected chi connectivity index (χ1v) is 8.60. The van der Waals surface area contributed by atoms with Gasteiger partial charge < -0.3 is 10.1 Å². The number of imide groups is 1. The predicted octanol–water partition coefficient (Wildman–Crippen LogP) is 2.94. The number of amides is 3. The van der Waals surface area contributed by atoms with Crippen molar-refractivity contribution in [2.45, 2.75) is 45.1 Å². The van der Waals surface area contributed by atoms with Crippen molar-refractivity contribution in [3.63, 3.8) is 0 Å². The van der Waals surface area contributed by atoms with E-state index in [2.05, 4.69) is 10.1 Å². The van der Waals surface area contributed by atoms with E-state index in [9.17, 15) is 23.2 Å². The molecule has 1 spiro atoms. The van der Waals surface area contributed by atoms with E-state index < -0.39 is 24.5 Å². The molecule has 3 amide bonds. The third kappa shape index (κ3) is 3.68. The Labute approximate surface area is 149 Å². The number of hydrogen-bond acceptors (Lipinski definition) is 4. The van der Waals surface area contributed by atoms with Crippen LogP contribution in [0, 0.1) is 5.41 Å². The highest BCUT2D eigenvalue weighted by molar-refractivity contribution is 6.09. The lowest BCUT2D eigenvalue weighted by Gasteiger charge is -2.30. The van der Waals surface area contributed by atoms with Gasteiger partial charge in [0.15, 0.2) is 0 Å². The van der Waals surface area contributed by atoms with E-state index in [0.29, 0.717) is 12.8 Å². The highest BCUT2D eigenvalue weighted by Crippen LogP contribution is 2.45. The number of para-hydroxylation sites is 2. The Morgan fingerprint density at radius 1 is 1.19 bits per heavy atom. The number of rotatable bonds is 5. The molecule has 1 saturated heterocycles. The lowest BCUT2D eigenvalue weighted by molar-refractivity contribution is -0.144. The Hall–Kier alpha value is -2.51. The number of halogens is 2. The van der Waals surface area contributed by atoms with E-state index in [-0.39, 0.29) is 29.7 Å². The third-order valence-corrected chi connectivity index (χ3v) is 4.98. The molecule has 3 rings (SSSR count). The standard InChI is InChI=1S/C18H20F2N2O4/c19-17(20)26-13-7-3-2-6-12(13)21-14(23)11-22-15(24)10-18(16(22)25)8-4-1-5-9-18/h2-3,6-7,17H,1,4-5,8-11H2,(H,21,23). The molecule has 1 aromatic carbocycles. The molecular weight excluding hydrogens is 346 g/mol. The number of alkyl halides is 2. The normalized spacial score (nSPS) is 19.3. The Bertz CT molecular complexity index is 717. The molecule has 0 aromatic heterocycles. The summed E-state index contributed by atoms with van der Waals surface area (Å²) in [4.78, 5) is 38.2. The van der Waals surface area contributed by atoms with E-state index in [4.69, 9.17) is 0 Å². The largest absolute Gasteiger partial charge is 0.433 e. The Morgan fingerprint density at radius 2 is 1.88 bits per heavy atom. The summed E-state index contributed by atoms with van der Waals surface area (Å²) >= 11 is 0. The van der Waals surface area contributed by atoms with Crippen LogP contribution in [0.5, 0.6) is 5.75 Å². The van der Waals surface area contributed by atoms with Crippen LogP contribution in [0.15, 0.2) is 24.3 Å². The number of carbonyl (C=O) groups is 3. The van der Waals surface area contributed by atoms with Crippen LogP contribution < -0.4 is 10.1 Å². The summed E-state index contributed by atoms with van der Waals surface area (Å²) in [6.45, 7) is -3.46. The van der Waals surface area contributed by atoms with Crippen molar-refractivity contribution >= 4 is 23.4 Å². The first kappa shape index (κ1) is 18.3. The molecule has 2 fully saturated rings.